The summed E-state index contributed by atoms with van der Waals surface area (Å²) in [7, 11) is 0. The van der Waals surface area contributed by atoms with Crippen molar-refractivity contribution < 1.29 is 14.0 Å². The average Bonchev–Trinajstić information content (AvgIpc) is 3.19. The number of carbonyl (C=O) groups excluding carboxylic acids is 2. The molecule has 0 spiro atoms. The average molecular weight is 375 g/mol. The summed E-state index contributed by atoms with van der Waals surface area (Å²) in [5.41, 5.74) is 1.25. The van der Waals surface area contributed by atoms with Crippen LogP contribution in [-0.4, -0.2) is 35.9 Å². The molecule has 0 bridgehead atoms. The highest BCUT2D eigenvalue weighted by Gasteiger charge is 2.23. The highest BCUT2D eigenvalue weighted by Crippen LogP contribution is 2.07. The molecule has 140 valence electrons. The molecule has 2 unspecified atom stereocenters. The molecule has 5 nitrogen and oxygen atoms in total. The molecule has 1 aromatic heterocycles. The Morgan fingerprint density at radius 2 is 1.85 bits per heavy atom. The summed E-state index contributed by atoms with van der Waals surface area (Å²) in [6.45, 7) is 1.99. The Hall–Kier alpha value is -2.21. The molecule has 1 heterocycles. The van der Waals surface area contributed by atoms with Crippen molar-refractivity contribution in [1.82, 2.24) is 10.6 Å². The van der Waals surface area contributed by atoms with Gasteiger partial charge in [-0.3, -0.25) is 9.59 Å². The van der Waals surface area contributed by atoms with Crippen molar-refractivity contribution in [3.05, 3.63) is 60.1 Å². The maximum absolute atomic E-state index is 12.6. The molecule has 6 heteroatoms. The smallest absolute Gasteiger partial charge is 0.287 e. The minimum Gasteiger partial charge on any atom is -0.459 e. The van der Waals surface area contributed by atoms with Gasteiger partial charge in [-0.05, 0) is 55.9 Å². The van der Waals surface area contributed by atoms with Crippen molar-refractivity contribution in [1.29, 1.82) is 0 Å². The molecule has 0 aliphatic rings. The molecule has 0 aliphatic heterocycles. The second-order valence-corrected chi connectivity index (χ2v) is 7.20. The van der Waals surface area contributed by atoms with Crippen LogP contribution in [0, 0.1) is 0 Å². The second kappa shape index (κ2) is 10.7. The zero-order valence-electron chi connectivity index (χ0n) is 15.2. The Bertz CT molecular complexity index is 674. The van der Waals surface area contributed by atoms with E-state index < -0.39 is 6.04 Å². The fourth-order valence-corrected chi connectivity index (χ4v) is 3.06. The molecule has 0 aliphatic carbocycles. The topological polar surface area (TPSA) is 71.3 Å². The Labute approximate surface area is 158 Å². The zero-order chi connectivity index (χ0) is 18.8. The molecule has 2 atom stereocenters. The first-order chi connectivity index (χ1) is 12.6. The maximum atomic E-state index is 12.6. The number of rotatable bonds is 10. The van der Waals surface area contributed by atoms with Crippen molar-refractivity contribution in [2.24, 2.45) is 0 Å². The lowest BCUT2D eigenvalue weighted by molar-refractivity contribution is -0.123. The number of hydrogen-bond acceptors (Lipinski definition) is 4. The van der Waals surface area contributed by atoms with Crippen molar-refractivity contribution in [3.63, 3.8) is 0 Å². The van der Waals surface area contributed by atoms with E-state index >= 15 is 0 Å². The summed E-state index contributed by atoms with van der Waals surface area (Å²) in [6, 6.07) is 12.9. The molecule has 2 amide bonds. The second-order valence-electron chi connectivity index (χ2n) is 6.22. The molecular formula is C20H26N2O3S. The zero-order valence-corrected chi connectivity index (χ0v) is 16.1. The van der Waals surface area contributed by atoms with Gasteiger partial charge in [0.1, 0.15) is 6.04 Å². The normalized spacial score (nSPS) is 13.0. The predicted octanol–water partition coefficient (Wildman–Crippen LogP) is 3.27. The minimum atomic E-state index is -0.570. The van der Waals surface area contributed by atoms with Gasteiger partial charge in [0.25, 0.3) is 5.91 Å². The van der Waals surface area contributed by atoms with E-state index in [2.05, 4.69) is 22.8 Å². The number of aryl methyl sites for hydroxylation is 1. The quantitative estimate of drug-likeness (QED) is 0.670. The SMILES string of the molecule is CSCCC(NC(=O)c1ccco1)C(=O)NC(C)CCc1ccccc1. The van der Waals surface area contributed by atoms with Crippen LogP contribution in [0.3, 0.4) is 0 Å². The molecule has 26 heavy (non-hydrogen) atoms. The van der Waals surface area contributed by atoms with Gasteiger partial charge in [0.15, 0.2) is 5.76 Å². The van der Waals surface area contributed by atoms with E-state index in [0.717, 1.165) is 18.6 Å². The fraction of sp³-hybridized carbons (Fsp3) is 0.400. The van der Waals surface area contributed by atoms with Gasteiger partial charge in [-0.25, -0.2) is 0 Å². The molecular weight excluding hydrogens is 348 g/mol. The third-order valence-electron chi connectivity index (χ3n) is 4.07. The van der Waals surface area contributed by atoms with E-state index in [4.69, 9.17) is 4.42 Å². The van der Waals surface area contributed by atoms with E-state index in [9.17, 15) is 9.59 Å². The molecule has 0 fully saturated rings. The van der Waals surface area contributed by atoms with Crippen LogP contribution in [0.2, 0.25) is 0 Å². The fourth-order valence-electron chi connectivity index (χ4n) is 2.59. The summed E-state index contributed by atoms with van der Waals surface area (Å²) < 4.78 is 5.10. The van der Waals surface area contributed by atoms with Crippen molar-refractivity contribution in [3.8, 4) is 0 Å². The highest BCUT2D eigenvalue weighted by atomic mass is 32.2. The first-order valence-corrected chi connectivity index (χ1v) is 10.2. The standard InChI is InChI=1S/C20H26N2O3S/c1-15(10-11-16-7-4-3-5-8-16)21-19(23)17(12-14-26-2)22-20(24)18-9-6-13-25-18/h3-9,13,15,17H,10-12,14H2,1-2H3,(H,21,23)(H,22,24). The summed E-state index contributed by atoms with van der Waals surface area (Å²) in [5.74, 6) is 0.478. The van der Waals surface area contributed by atoms with Crippen LogP contribution in [0.1, 0.15) is 35.9 Å². The van der Waals surface area contributed by atoms with E-state index in [-0.39, 0.29) is 23.6 Å². The third-order valence-corrected chi connectivity index (χ3v) is 4.72. The maximum Gasteiger partial charge on any atom is 0.287 e. The van der Waals surface area contributed by atoms with Gasteiger partial charge in [-0.15, -0.1) is 0 Å². The number of furan rings is 1. The number of nitrogens with one attached hydrogen (secondary N) is 2. The van der Waals surface area contributed by atoms with Gasteiger partial charge in [0.2, 0.25) is 5.91 Å². The van der Waals surface area contributed by atoms with Crippen molar-refractivity contribution >= 4 is 23.6 Å². The summed E-state index contributed by atoms with van der Waals surface area (Å²) in [5, 5.41) is 5.79. The number of thioether (sulfide) groups is 1. The number of carbonyl (C=O) groups is 2. The monoisotopic (exact) mass is 374 g/mol. The van der Waals surface area contributed by atoms with E-state index in [1.165, 1.54) is 11.8 Å². The number of amides is 2. The molecule has 0 saturated heterocycles. The van der Waals surface area contributed by atoms with Crippen LogP contribution in [-0.2, 0) is 11.2 Å². The van der Waals surface area contributed by atoms with Gasteiger partial charge >= 0.3 is 0 Å². The molecule has 2 aromatic rings. The molecule has 0 saturated carbocycles. The van der Waals surface area contributed by atoms with Crippen molar-refractivity contribution in [2.45, 2.75) is 38.3 Å². The number of benzene rings is 1. The van der Waals surface area contributed by atoms with E-state index in [1.54, 1.807) is 23.9 Å². The summed E-state index contributed by atoms with van der Waals surface area (Å²) >= 11 is 1.64. The Morgan fingerprint density at radius 1 is 1.08 bits per heavy atom. The van der Waals surface area contributed by atoms with Crippen LogP contribution >= 0.6 is 11.8 Å². The summed E-state index contributed by atoms with van der Waals surface area (Å²) in [6.07, 6.45) is 5.74. The van der Waals surface area contributed by atoms with Gasteiger partial charge in [0, 0.05) is 6.04 Å². The lowest BCUT2D eigenvalue weighted by Gasteiger charge is -2.21. The van der Waals surface area contributed by atoms with E-state index in [1.807, 2.05) is 31.4 Å². The van der Waals surface area contributed by atoms with Gasteiger partial charge < -0.3 is 15.1 Å². The van der Waals surface area contributed by atoms with Crippen LogP contribution in [0.15, 0.2) is 53.1 Å². The van der Waals surface area contributed by atoms with Crippen molar-refractivity contribution in [2.75, 3.05) is 12.0 Å². The van der Waals surface area contributed by atoms with Gasteiger partial charge in [-0.2, -0.15) is 11.8 Å². The van der Waals surface area contributed by atoms with Crippen LogP contribution < -0.4 is 10.6 Å². The lowest BCUT2D eigenvalue weighted by atomic mass is 10.1. The first-order valence-electron chi connectivity index (χ1n) is 8.77. The largest absolute Gasteiger partial charge is 0.459 e. The molecule has 2 rings (SSSR count). The molecule has 2 N–H and O–H groups in total. The molecule has 0 radical (unpaired) electrons. The Morgan fingerprint density at radius 3 is 2.50 bits per heavy atom. The van der Waals surface area contributed by atoms with Crippen LogP contribution in [0.5, 0.6) is 0 Å². The Balaban J connectivity index is 1.87. The van der Waals surface area contributed by atoms with Crippen LogP contribution in [0.25, 0.3) is 0 Å². The third kappa shape index (κ3) is 6.59. The minimum absolute atomic E-state index is 0.0278. The summed E-state index contributed by atoms with van der Waals surface area (Å²) in [4.78, 5) is 24.8. The predicted molar refractivity (Wildman–Crippen MR) is 105 cm³/mol. The number of hydrogen-bond donors (Lipinski definition) is 2. The highest BCUT2D eigenvalue weighted by molar-refractivity contribution is 7.98. The van der Waals surface area contributed by atoms with Crippen LogP contribution in [0.4, 0.5) is 0 Å². The van der Waals surface area contributed by atoms with E-state index in [0.29, 0.717) is 6.42 Å². The first kappa shape index (κ1) is 20.1. The molecule has 1 aromatic carbocycles. The van der Waals surface area contributed by atoms with Gasteiger partial charge in [-0.1, -0.05) is 30.3 Å². The lowest BCUT2D eigenvalue weighted by Crippen LogP contribution is -2.49. The van der Waals surface area contributed by atoms with Gasteiger partial charge in [0.05, 0.1) is 6.26 Å². The Kier molecular flexibility index (Phi) is 8.28.